The van der Waals surface area contributed by atoms with Gasteiger partial charge in [0.2, 0.25) is 0 Å². The van der Waals surface area contributed by atoms with Gasteiger partial charge in [-0.3, -0.25) is 0 Å². The SMILES string of the molecule is COC(=O)c1cc(B(O)O)c2nc(C)oc2c1. The summed E-state index contributed by atoms with van der Waals surface area (Å²) in [5, 5.41) is 18.5. The van der Waals surface area contributed by atoms with Crippen LogP contribution in [-0.2, 0) is 4.74 Å². The topological polar surface area (TPSA) is 92.8 Å². The van der Waals surface area contributed by atoms with Gasteiger partial charge in [0.1, 0.15) is 5.52 Å². The van der Waals surface area contributed by atoms with Crippen LogP contribution in [-0.4, -0.2) is 35.2 Å². The van der Waals surface area contributed by atoms with E-state index in [0.29, 0.717) is 17.0 Å². The third kappa shape index (κ3) is 2.02. The number of aryl methyl sites for hydroxylation is 1. The molecule has 0 fully saturated rings. The number of hydrogen-bond acceptors (Lipinski definition) is 6. The number of nitrogens with zero attached hydrogens (tertiary/aromatic N) is 1. The molecule has 1 heterocycles. The number of hydrogen-bond donors (Lipinski definition) is 2. The molecule has 0 radical (unpaired) electrons. The van der Waals surface area contributed by atoms with Gasteiger partial charge in [0, 0.05) is 12.4 Å². The number of methoxy groups -OCH3 is 1. The minimum absolute atomic E-state index is 0.111. The second-order valence-electron chi connectivity index (χ2n) is 3.51. The van der Waals surface area contributed by atoms with Crippen molar-refractivity contribution in [1.29, 1.82) is 0 Å². The molecule has 0 saturated carbocycles. The molecule has 6 nitrogen and oxygen atoms in total. The first-order chi connectivity index (χ1) is 8.02. The maximum Gasteiger partial charge on any atom is 0.490 e. The van der Waals surface area contributed by atoms with Gasteiger partial charge < -0.3 is 19.2 Å². The van der Waals surface area contributed by atoms with Crippen LogP contribution in [0.2, 0.25) is 0 Å². The molecule has 7 heteroatoms. The quantitative estimate of drug-likeness (QED) is 0.543. The van der Waals surface area contributed by atoms with Crippen molar-refractivity contribution in [2.24, 2.45) is 0 Å². The van der Waals surface area contributed by atoms with E-state index in [0.717, 1.165) is 0 Å². The lowest BCUT2D eigenvalue weighted by molar-refractivity contribution is 0.0601. The summed E-state index contributed by atoms with van der Waals surface area (Å²) in [7, 11) is -0.487. The van der Waals surface area contributed by atoms with Gasteiger partial charge in [0.25, 0.3) is 0 Å². The second-order valence-corrected chi connectivity index (χ2v) is 3.51. The Morgan fingerprint density at radius 3 is 2.76 bits per heavy atom. The van der Waals surface area contributed by atoms with Gasteiger partial charge in [-0.05, 0) is 12.1 Å². The lowest BCUT2D eigenvalue weighted by Crippen LogP contribution is -2.31. The average Bonchev–Trinajstić information content (AvgIpc) is 2.66. The van der Waals surface area contributed by atoms with E-state index in [1.54, 1.807) is 6.92 Å². The summed E-state index contributed by atoms with van der Waals surface area (Å²) in [4.78, 5) is 15.4. The van der Waals surface area contributed by atoms with Gasteiger partial charge in [-0.1, -0.05) is 0 Å². The number of rotatable bonds is 2. The van der Waals surface area contributed by atoms with Gasteiger partial charge in [0.05, 0.1) is 12.7 Å². The van der Waals surface area contributed by atoms with E-state index in [-0.39, 0.29) is 11.0 Å². The van der Waals surface area contributed by atoms with Crippen LogP contribution in [0.5, 0.6) is 0 Å². The molecule has 88 valence electrons. The molecule has 0 aliphatic rings. The summed E-state index contributed by atoms with van der Waals surface area (Å²) in [6, 6.07) is 2.77. The Hall–Kier alpha value is -1.86. The summed E-state index contributed by atoms with van der Waals surface area (Å²) in [5.74, 6) is -0.202. The van der Waals surface area contributed by atoms with E-state index in [9.17, 15) is 14.8 Å². The van der Waals surface area contributed by atoms with Crippen LogP contribution in [0.3, 0.4) is 0 Å². The molecule has 0 spiro atoms. The second kappa shape index (κ2) is 4.19. The first-order valence-electron chi connectivity index (χ1n) is 4.88. The number of fused-ring (bicyclic) bond motifs is 1. The Balaban J connectivity index is 2.70. The lowest BCUT2D eigenvalue weighted by Gasteiger charge is -2.03. The molecule has 2 aromatic rings. The van der Waals surface area contributed by atoms with Gasteiger partial charge >= 0.3 is 13.1 Å². The van der Waals surface area contributed by atoms with E-state index in [1.807, 2.05) is 0 Å². The minimum atomic E-state index is -1.73. The highest BCUT2D eigenvalue weighted by molar-refractivity contribution is 6.61. The van der Waals surface area contributed by atoms with Crippen LogP contribution in [0.4, 0.5) is 0 Å². The highest BCUT2D eigenvalue weighted by Gasteiger charge is 2.21. The van der Waals surface area contributed by atoms with Crippen molar-refractivity contribution >= 4 is 29.7 Å². The van der Waals surface area contributed by atoms with Gasteiger partial charge in [0.15, 0.2) is 11.5 Å². The van der Waals surface area contributed by atoms with Gasteiger partial charge in [-0.15, -0.1) is 0 Å². The monoisotopic (exact) mass is 235 g/mol. The number of carbonyl (C=O) groups excluding carboxylic acids is 1. The van der Waals surface area contributed by atoms with Crippen molar-refractivity contribution < 1.29 is 24.0 Å². The summed E-state index contributed by atoms with van der Waals surface area (Å²) in [5.41, 5.74) is 0.928. The Labute approximate surface area is 97.0 Å². The first-order valence-corrected chi connectivity index (χ1v) is 4.88. The molecule has 1 aromatic carbocycles. The number of esters is 1. The molecule has 0 aliphatic heterocycles. The van der Waals surface area contributed by atoms with Crippen LogP contribution in [0, 0.1) is 6.92 Å². The predicted octanol–water partition coefficient (Wildman–Crippen LogP) is -0.397. The summed E-state index contributed by atoms with van der Waals surface area (Å²) in [6.07, 6.45) is 0. The molecular formula is C10H10BNO5. The third-order valence-corrected chi connectivity index (χ3v) is 2.33. The molecule has 17 heavy (non-hydrogen) atoms. The van der Waals surface area contributed by atoms with Gasteiger partial charge in [-0.2, -0.15) is 0 Å². The van der Waals surface area contributed by atoms with E-state index in [1.165, 1.54) is 19.2 Å². The molecule has 0 bridgehead atoms. The standard InChI is InChI=1S/C10H10BNO5/c1-5-12-9-7(11(14)15)3-6(10(13)16-2)4-8(9)17-5/h3-4,14-15H,1-2H3. The Morgan fingerprint density at radius 2 is 2.18 bits per heavy atom. The van der Waals surface area contributed by atoms with Crippen molar-refractivity contribution in [3.8, 4) is 0 Å². The molecule has 2 rings (SSSR count). The number of oxazole rings is 1. The van der Waals surface area contributed by atoms with Crippen molar-refractivity contribution in [1.82, 2.24) is 4.98 Å². The number of aromatic nitrogens is 1. The molecule has 1 aromatic heterocycles. The molecule has 0 aliphatic carbocycles. The van der Waals surface area contributed by atoms with Crippen LogP contribution in [0.25, 0.3) is 11.1 Å². The van der Waals surface area contributed by atoms with Crippen LogP contribution >= 0.6 is 0 Å². The van der Waals surface area contributed by atoms with Gasteiger partial charge in [-0.25, -0.2) is 9.78 Å². The minimum Gasteiger partial charge on any atom is -0.465 e. The fourth-order valence-corrected chi connectivity index (χ4v) is 1.60. The number of ether oxygens (including phenoxy) is 1. The fourth-order valence-electron chi connectivity index (χ4n) is 1.60. The molecular weight excluding hydrogens is 225 g/mol. The largest absolute Gasteiger partial charge is 0.490 e. The van der Waals surface area contributed by atoms with Crippen molar-refractivity contribution in [2.45, 2.75) is 6.92 Å². The first kappa shape index (κ1) is 11.6. The zero-order valence-electron chi connectivity index (χ0n) is 9.30. The number of benzene rings is 1. The molecule has 0 amide bonds. The maximum absolute atomic E-state index is 11.4. The molecule has 0 saturated heterocycles. The van der Waals surface area contributed by atoms with Crippen LogP contribution in [0.15, 0.2) is 16.5 Å². The Morgan fingerprint density at radius 1 is 1.47 bits per heavy atom. The zero-order chi connectivity index (χ0) is 12.6. The Bertz CT molecular complexity index is 577. The smallest absolute Gasteiger partial charge is 0.465 e. The summed E-state index contributed by atoms with van der Waals surface area (Å²) >= 11 is 0. The normalized spacial score (nSPS) is 10.6. The highest BCUT2D eigenvalue weighted by Crippen LogP contribution is 2.16. The lowest BCUT2D eigenvalue weighted by atomic mass is 9.78. The zero-order valence-corrected chi connectivity index (χ0v) is 9.30. The summed E-state index contributed by atoms with van der Waals surface area (Å²) in [6.45, 7) is 1.63. The van der Waals surface area contributed by atoms with E-state index in [2.05, 4.69) is 9.72 Å². The van der Waals surface area contributed by atoms with Crippen LogP contribution in [0.1, 0.15) is 16.2 Å². The van der Waals surface area contributed by atoms with Crippen molar-refractivity contribution in [3.63, 3.8) is 0 Å². The molecule has 0 atom stereocenters. The Kier molecular flexibility index (Phi) is 2.87. The van der Waals surface area contributed by atoms with Crippen LogP contribution < -0.4 is 5.46 Å². The predicted molar refractivity (Wildman–Crippen MR) is 59.9 cm³/mol. The molecule has 2 N–H and O–H groups in total. The van der Waals surface area contributed by atoms with E-state index >= 15 is 0 Å². The van der Waals surface area contributed by atoms with Crippen molar-refractivity contribution in [3.05, 3.63) is 23.6 Å². The number of carbonyl (C=O) groups is 1. The van der Waals surface area contributed by atoms with E-state index < -0.39 is 13.1 Å². The van der Waals surface area contributed by atoms with Crippen molar-refractivity contribution in [2.75, 3.05) is 7.11 Å². The maximum atomic E-state index is 11.4. The highest BCUT2D eigenvalue weighted by atomic mass is 16.5. The third-order valence-electron chi connectivity index (χ3n) is 2.33. The summed E-state index contributed by atoms with van der Waals surface area (Å²) < 4.78 is 9.82. The molecule has 0 unspecified atom stereocenters. The average molecular weight is 235 g/mol. The van der Waals surface area contributed by atoms with E-state index in [4.69, 9.17) is 4.42 Å². The fraction of sp³-hybridized carbons (Fsp3) is 0.200.